The first kappa shape index (κ1) is 16.8. The molecule has 1 aromatic heterocycles. The molecule has 5 heteroatoms. The van der Waals surface area contributed by atoms with Gasteiger partial charge in [-0.25, -0.2) is 4.98 Å². The Kier molecular flexibility index (Phi) is 4.84. The zero-order valence-electron chi connectivity index (χ0n) is 14.4. The van der Waals surface area contributed by atoms with E-state index < -0.39 is 0 Å². The molecule has 2 aromatic carbocycles. The van der Waals surface area contributed by atoms with Crippen molar-refractivity contribution in [3.8, 4) is 22.7 Å². The molecule has 0 fully saturated rings. The second-order valence-electron chi connectivity index (χ2n) is 5.63. The number of phenolic OH excluding ortho intramolecular Hbond substituents is 1. The zero-order valence-corrected chi connectivity index (χ0v) is 14.4. The summed E-state index contributed by atoms with van der Waals surface area (Å²) in [7, 11) is 0. The molecule has 0 unspecified atom stereocenters. The van der Waals surface area contributed by atoms with Crippen molar-refractivity contribution in [3.05, 3.63) is 66.6 Å². The van der Waals surface area contributed by atoms with Gasteiger partial charge in [0.2, 0.25) is 5.82 Å². The summed E-state index contributed by atoms with van der Waals surface area (Å²) >= 11 is 0. The van der Waals surface area contributed by atoms with Gasteiger partial charge in [0, 0.05) is 18.7 Å². The summed E-state index contributed by atoms with van der Waals surface area (Å²) in [6, 6.07) is 16.7. The largest absolute Gasteiger partial charge is 0.506 e. The highest BCUT2D eigenvalue weighted by Gasteiger charge is 2.23. The number of carbonyl (C=O) groups is 1. The lowest BCUT2D eigenvalue weighted by atomic mass is 10.1. The van der Waals surface area contributed by atoms with Crippen LogP contribution in [0.5, 0.6) is 5.75 Å². The topological polar surface area (TPSA) is 58.4 Å². The van der Waals surface area contributed by atoms with Crippen LogP contribution in [0.25, 0.3) is 16.9 Å². The molecule has 0 spiro atoms. The van der Waals surface area contributed by atoms with Gasteiger partial charge in [-0.3, -0.25) is 9.36 Å². The third kappa shape index (κ3) is 3.13. The summed E-state index contributed by atoms with van der Waals surface area (Å²) in [4.78, 5) is 19.0. The first-order valence-corrected chi connectivity index (χ1v) is 8.38. The molecule has 0 aliphatic rings. The van der Waals surface area contributed by atoms with Gasteiger partial charge in [-0.2, -0.15) is 0 Å². The van der Waals surface area contributed by atoms with Gasteiger partial charge in [0.15, 0.2) is 0 Å². The van der Waals surface area contributed by atoms with E-state index in [9.17, 15) is 9.90 Å². The average molecular weight is 335 g/mol. The molecule has 3 rings (SSSR count). The van der Waals surface area contributed by atoms with E-state index >= 15 is 0 Å². The predicted molar refractivity (Wildman–Crippen MR) is 97.9 cm³/mol. The average Bonchev–Trinajstić information content (AvgIpc) is 3.08. The molecular weight excluding hydrogens is 314 g/mol. The number of para-hydroxylation sites is 2. The molecular formula is C20H21N3O2. The Bertz CT molecular complexity index is 868. The smallest absolute Gasteiger partial charge is 0.290 e. The Hall–Kier alpha value is -3.08. The lowest BCUT2D eigenvalue weighted by Gasteiger charge is -2.20. The fourth-order valence-electron chi connectivity index (χ4n) is 2.86. The lowest BCUT2D eigenvalue weighted by Crippen LogP contribution is -2.32. The monoisotopic (exact) mass is 335 g/mol. The van der Waals surface area contributed by atoms with Gasteiger partial charge in [0.25, 0.3) is 5.91 Å². The summed E-state index contributed by atoms with van der Waals surface area (Å²) in [5.41, 5.74) is 2.23. The lowest BCUT2D eigenvalue weighted by molar-refractivity contribution is 0.0759. The number of phenols is 1. The number of aromatic hydroxyl groups is 1. The van der Waals surface area contributed by atoms with E-state index in [1.54, 1.807) is 33.9 Å². The van der Waals surface area contributed by atoms with E-state index in [4.69, 9.17) is 0 Å². The van der Waals surface area contributed by atoms with E-state index in [0.29, 0.717) is 24.6 Å². The van der Waals surface area contributed by atoms with Gasteiger partial charge in [0.1, 0.15) is 5.75 Å². The van der Waals surface area contributed by atoms with Crippen LogP contribution in [-0.2, 0) is 0 Å². The maximum atomic E-state index is 12.9. The van der Waals surface area contributed by atoms with Gasteiger partial charge < -0.3 is 10.0 Å². The summed E-state index contributed by atoms with van der Waals surface area (Å²) in [5, 5.41) is 10.3. The van der Waals surface area contributed by atoms with Crippen LogP contribution < -0.4 is 0 Å². The van der Waals surface area contributed by atoms with Gasteiger partial charge >= 0.3 is 0 Å². The summed E-state index contributed by atoms with van der Waals surface area (Å²) < 4.78 is 1.73. The Labute approximate surface area is 147 Å². The molecule has 0 aliphatic heterocycles. The summed E-state index contributed by atoms with van der Waals surface area (Å²) in [6.45, 7) is 5.08. The SMILES string of the molecule is CCN(CC)C(=O)c1ncc(-c2ccccc2)n1-c1ccccc1O. The maximum absolute atomic E-state index is 12.9. The Balaban J connectivity index is 2.23. The molecule has 0 atom stereocenters. The molecule has 3 aromatic rings. The molecule has 0 radical (unpaired) electrons. The number of rotatable bonds is 5. The highest BCUT2D eigenvalue weighted by atomic mass is 16.3. The third-order valence-corrected chi connectivity index (χ3v) is 4.20. The van der Waals surface area contributed by atoms with Crippen molar-refractivity contribution in [2.45, 2.75) is 13.8 Å². The Morgan fingerprint density at radius 3 is 2.32 bits per heavy atom. The van der Waals surface area contributed by atoms with Crippen LogP contribution in [0.2, 0.25) is 0 Å². The minimum atomic E-state index is -0.157. The normalized spacial score (nSPS) is 10.6. The number of benzene rings is 2. The first-order chi connectivity index (χ1) is 12.2. The number of nitrogens with zero attached hydrogens (tertiary/aromatic N) is 3. The van der Waals surface area contributed by atoms with Crippen LogP contribution in [0.4, 0.5) is 0 Å². The van der Waals surface area contributed by atoms with Crippen molar-refractivity contribution in [2.75, 3.05) is 13.1 Å². The van der Waals surface area contributed by atoms with Crippen molar-refractivity contribution < 1.29 is 9.90 Å². The van der Waals surface area contributed by atoms with Crippen molar-refractivity contribution in [3.63, 3.8) is 0 Å². The first-order valence-electron chi connectivity index (χ1n) is 8.38. The highest BCUT2D eigenvalue weighted by molar-refractivity contribution is 5.92. The van der Waals surface area contributed by atoms with Gasteiger partial charge in [-0.05, 0) is 26.0 Å². The van der Waals surface area contributed by atoms with E-state index in [1.807, 2.05) is 50.2 Å². The maximum Gasteiger partial charge on any atom is 0.290 e. The fourth-order valence-corrected chi connectivity index (χ4v) is 2.86. The third-order valence-electron chi connectivity index (χ3n) is 4.20. The Morgan fingerprint density at radius 2 is 1.68 bits per heavy atom. The standard InChI is InChI=1S/C20H21N3O2/c1-3-22(4-2)20(25)19-21-14-17(15-10-6-5-7-11-15)23(19)16-12-8-9-13-18(16)24/h5-14,24H,3-4H2,1-2H3. The summed E-state index contributed by atoms with van der Waals surface area (Å²) in [6.07, 6.45) is 1.68. The van der Waals surface area contributed by atoms with Crippen molar-refractivity contribution in [2.24, 2.45) is 0 Å². The zero-order chi connectivity index (χ0) is 17.8. The van der Waals surface area contributed by atoms with E-state index in [1.165, 1.54) is 0 Å². The minimum Gasteiger partial charge on any atom is -0.506 e. The summed E-state index contributed by atoms with van der Waals surface area (Å²) in [5.74, 6) is 0.241. The van der Waals surface area contributed by atoms with Gasteiger partial charge in [0.05, 0.1) is 17.6 Å². The van der Waals surface area contributed by atoms with Crippen LogP contribution in [0.3, 0.4) is 0 Å². The van der Waals surface area contributed by atoms with E-state index in [2.05, 4.69) is 4.98 Å². The molecule has 128 valence electrons. The van der Waals surface area contributed by atoms with Crippen LogP contribution in [0.15, 0.2) is 60.8 Å². The molecule has 1 heterocycles. The Morgan fingerprint density at radius 1 is 1.04 bits per heavy atom. The molecule has 5 nitrogen and oxygen atoms in total. The van der Waals surface area contributed by atoms with Crippen molar-refractivity contribution in [1.82, 2.24) is 14.5 Å². The van der Waals surface area contributed by atoms with Crippen LogP contribution in [-0.4, -0.2) is 38.6 Å². The number of carbonyl (C=O) groups excluding carboxylic acids is 1. The molecule has 25 heavy (non-hydrogen) atoms. The fraction of sp³-hybridized carbons (Fsp3) is 0.200. The van der Waals surface area contributed by atoms with Crippen LogP contribution in [0, 0.1) is 0 Å². The van der Waals surface area contributed by atoms with Crippen molar-refractivity contribution in [1.29, 1.82) is 0 Å². The number of aromatic nitrogens is 2. The highest BCUT2D eigenvalue weighted by Crippen LogP contribution is 2.30. The number of hydrogen-bond donors (Lipinski definition) is 1. The van der Waals surface area contributed by atoms with Crippen LogP contribution >= 0.6 is 0 Å². The predicted octanol–water partition coefficient (Wildman–Crippen LogP) is 3.73. The number of hydrogen-bond acceptors (Lipinski definition) is 3. The molecule has 0 bridgehead atoms. The van der Waals surface area contributed by atoms with E-state index in [0.717, 1.165) is 11.3 Å². The molecule has 0 saturated heterocycles. The minimum absolute atomic E-state index is 0.103. The quantitative estimate of drug-likeness (QED) is 0.773. The number of amides is 1. The second kappa shape index (κ2) is 7.21. The molecule has 1 N–H and O–H groups in total. The van der Waals surface area contributed by atoms with Crippen molar-refractivity contribution >= 4 is 5.91 Å². The molecule has 0 aliphatic carbocycles. The van der Waals surface area contributed by atoms with Gasteiger partial charge in [-0.15, -0.1) is 0 Å². The molecule has 0 saturated carbocycles. The van der Waals surface area contributed by atoms with Gasteiger partial charge in [-0.1, -0.05) is 42.5 Å². The second-order valence-corrected chi connectivity index (χ2v) is 5.63. The van der Waals surface area contributed by atoms with Crippen LogP contribution in [0.1, 0.15) is 24.5 Å². The van der Waals surface area contributed by atoms with E-state index in [-0.39, 0.29) is 11.7 Å². The number of imidazole rings is 1. The molecule has 1 amide bonds.